The lowest BCUT2D eigenvalue weighted by Gasteiger charge is -2.27. The van der Waals surface area contributed by atoms with Crippen LogP contribution in [0.5, 0.6) is 0 Å². The van der Waals surface area contributed by atoms with Crippen LogP contribution in [0.3, 0.4) is 0 Å². The molecule has 1 aliphatic heterocycles. The fourth-order valence-electron chi connectivity index (χ4n) is 5.85. The van der Waals surface area contributed by atoms with Crippen LogP contribution in [0.25, 0.3) is 10.9 Å². The molecule has 0 fully saturated rings. The van der Waals surface area contributed by atoms with Gasteiger partial charge in [0.1, 0.15) is 0 Å². The first-order valence-corrected chi connectivity index (χ1v) is 15.0. The van der Waals surface area contributed by atoms with Crippen molar-refractivity contribution in [1.29, 1.82) is 0 Å². The molecule has 0 radical (unpaired) electrons. The first-order chi connectivity index (χ1) is 21.8. The third kappa shape index (κ3) is 6.60. The van der Waals surface area contributed by atoms with Crippen molar-refractivity contribution in [3.63, 3.8) is 0 Å². The Labute approximate surface area is 262 Å². The largest absolute Gasteiger partial charge is 0.395 e. The summed E-state index contributed by atoms with van der Waals surface area (Å²) >= 11 is 0. The molecule has 0 aliphatic carbocycles. The average molecular weight is 607 g/mol. The Bertz CT molecular complexity index is 1730. The van der Waals surface area contributed by atoms with Gasteiger partial charge < -0.3 is 30.3 Å². The molecule has 1 aliphatic rings. The van der Waals surface area contributed by atoms with Gasteiger partial charge in [0.05, 0.1) is 18.7 Å². The fraction of sp³-hybridized carbons (Fsp3) is 0.250. The molecule has 9 heteroatoms. The minimum atomic E-state index is -1.93. The summed E-state index contributed by atoms with van der Waals surface area (Å²) in [6, 6.07) is 22.4. The molecule has 2 atom stereocenters. The Kier molecular flexibility index (Phi) is 9.61. The first kappa shape index (κ1) is 31.4. The number of anilines is 2. The van der Waals surface area contributed by atoms with Gasteiger partial charge in [-0.25, -0.2) is 0 Å². The van der Waals surface area contributed by atoms with Gasteiger partial charge in [-0.15, -0.1) is 6.58 Å². The van der Waals surface area contributed by atoms with E-state index in [9.17, 15) is 24.6 Å². The number of nitrogens with zero attached hydrogens (tertiary/aromatic N) is 2. The number of aliphatic hydroxyl groups excluding tert-OH is 1. The van der Waals surface area contributed by atoms with E-state index in [1.165, 1.54) is 4.90 Å². The van der Waals surface area contributed by atoms with Gasteiger partial charge in [0, 0.05) is 60.3 Å². The van der Waals surface area contributed by atoms with Crippen molar-refractivity contribution in [2.75, 3.05) is 29.9 Å². The van der Waals surface area contributed by atoms with E-state index < -0.39 is 17.4 Å². The van der Waals surface area contributed by atoms with Crippen molar-refractivity contribution < 1.29 is 24.6 Å². The lowest BCUT2D eigenvalue weighted by molar-refractivity contribution is -0.139. The Morgan fingerprint density at radius 2 is 1.87 bits per heavy atom. The highest BCUT2D eigenvalue weighted by Gasteiger charge is 2.52. The molecule has 1 aromatic heterocycles. The van der Waals surface area contributed by atoms with Crippen LogP contribution in [-0.4, -0.2) is 57.5 Å². The number of nitrogens with one attached hydrogen (secondary N) is 2. The van der Waals surface area contributed by atoms with Crippen LogP contribution >= 0.6 is 0 Å². The number of hydrogen-bond acceptors (Lipinski definition) is 5. The summed E-state index contributed by atoms with van der Waals surface area (Å²) in [5.74, 6) is -1.63. The predicted octanol–water partition coefficient (Wildman–Crippen LogP) is 4.67. The molecule has 5 rings (SSSR count). The Hall–Kier alpha value is -4.99. The number of amides is 3. The third-order valence-electron chi connectivity index (χ3n) is 8.21. The molecule has 3 amide bonds. The lowest BCUT2D eigenvalue weighted by Crippen LogP contribution is -2.44. The summed E-state index contributed by atoms with van der Waals surface area (Å²) in [6.07, 6.45) is 6.91. The monoisotopic (exact) mass is 606 g/mol. The second-order valence-electron chi connectivity index (χ2n) is 11.2. The number of carbonyl (C=O) groups excluding carboxylic acids is 3. The van der Waals surface area contributed by atoms with Crippen molar-refractivity contribution in [2.24, 2.45) is 5.92 Å². The lowest BCUT2D eigenvalue weighted by atomic mass is 9.82. The molecule has 2 heterocycles. The molecule has 0 unspecified atom stereocenters. The molecule has 9 nitrogen and oxygen atoms in total. The minimum Gasteiger partial charge on any atom is -0.395 e. The smallest absolute Gasteiger partial charge is 0.264 e. The molecule has 0 bridgehead atoms. The molecule has 0 spiro atoms. The van der Waals surface area contributed by atoms with Crippen molar-refractivity contribution >= 4 is 40.0 Å². The van der Waals surface area contributed by atoms with Gasteiger partial charge in [0.2, 0.25) is 11.8 Å². The first-order valence-electron chi connectivity index (χ1n) is 15.0. The van der Waals surface area contributed by atoms with E-state index in [1.54, 1.807) is 48.3 Å². The maximum atomic E-state index is 13.7. The number of carbonyl (C=O) groups is 3. The fourth-order valence-corrected chi connectivity index (χ4v) is 5.85. The van der Waals surface area contributed by atoms with E-state index in [0.717, 1.165) is 22.0 Å². The van der Waals surface area contributed by atoms with E-state index >= 15 is 0 Å². The standard InChI is InChI=1S/C36H38N4O5/c1-3-18-40-32-17-16-28(38-33(42)21-27-23-37-31-14-8-7-13-29(27)31)22-30(32)36(45,35(40)44)25(2)10-9-15-34(43)39(19-20-41)24-26-11-5-4-6-12-26/h3-14,16-17,22-23,25,37,41,45H,1,15,18-21,24H2,2H3,(H,38,42)/b10-9+/t25-,36+/m0/s1. The number of aromatic nitrogens is 1. The molecular formula is C36H38N4O5. The van der Waals surface area contributed by atoms with E-state index in [4.69, 9.17) is 0 Å². The van der Waals surface area contributed by atoms with Crippen molar-refractivity contribution in [3.05, 3.63) is 120 Å². The summed E-state index contributed by atoms with van der Waals surface area (Å²) in [5.41, 5.74) is 2.19. The molecule has 4 aromatic rings. The predicted molar refractivity (Wildman–Crippen MR) is 175 cm³/mol. The number of aliphatic hydroxyl groups is 2. The summed E-state index contributed by atoms with van der Waals surface area (Å²) < 4.78 is 0. The van der Waals surface area contributed by atoms with Crippen molar-refractivity contribution in [3.8, 4) is 0 Å². The van der Waals surface area contributed by atoms with E-state index in [-0.39, 0.29) is 44.4 Å². The maximum absolute atomic E-state index is 13.7. The van der Waals surface area contributed by atoms with Crippen LogP contribution in [0.1, 0.15) is 30.0 Å². The molecule has 3 aromatic carbocycles. The summed E-state index contributed by atoms with van der Waals surface area (Å²) in [4.78, 5) is 46.0. The molecule has 0 saturated heterocycles. The van der Waals surface area contributed by atoms with Crippen molar-refractivity contribution in [1.82, 2.24) is 9.88 Å². The van der Waals surface area contributed by atoms with E-state index in [0.29, 0.717) is 23.5 Å². The normalized spacial score (nSPS) is 16.6. The quantitative estimate of drug-likeness (QED) is 0.165. The number of fused-ring (bicyclic) bond motifs is 2. The van der Waals surface area contributed by atoms with Gasteiger partial charge in [0.15, 0.2) is 5.60 Å². The summed E-state index contributed by atoms with van der Waals surface area (Å²) in [5, 5.41) is 25.4. The van der Waals surface area contributed by atoms with E-state index in [1.807, 2.05) is 60.8 Å². The highest BCUT2D eigenvalue weighted by Crippen LogP contribution is 2.46. The van der Waals surface area contributed by atoms with Gasteiger partial charge in [-0.2, -0.15) is 0 Å². The number of H-pyrrole nitrogens is 1. The number of benzene rings is 3. The van der Waals surface area contributed by atoms with Gasteiger partial charge in [0.25, 0.3) is 5.91 Å². The minimum absolute atomic E-state index is 0.0363. The van der Waals surface area contributed by atoms with Gasteiger partial charge in [-0.3, -0.25) is 14.4 Å². The molecule has 0 saturated carbocycles. The van der Waals surface area contributed by atoms with Crippen LogP contribution in [0.4, 0.5) is 11.4 Å². The molecular weight excluding hydrogens is 568 g/mol. The topological polar surface area (TPSA) is 126 Å². The zero-order chi connectivity index (χ0) is 32.0. The van der Waals surface area contributed by atoms with Crippen molar-refractivity contribution in [2.45, 2.75) is 31.9 Å². The van der Waals surface area contributed by atoms with Crippen LogP contribution in [0, 0.1) is 5.92 Å². The summed E-state index contributed by atoms with van der Waals surface area (Å²) in [6.45, 7) is 6.07. The highest BCUT2D eigenvalue weighted by molar-refractivity contribution is 6.08. The number of rotatable bonds is 13. The van der Waals surface area contributed by atoms with Crippen LogP contribution in [0.15, 0.2) is 104 Å². The maximum Gasteiger partial charge on any atom is 0.264 e. The molecule has 232 valence electrons. The van der Waals surface area contributed by atoms with Crippen LogP contribution in [-0.2, 0) is 33.0 Å². The summed E-state index contributed by atoms with van der Waals surface area (Å²) in [7, 11) is 0. The Balaban J connectivity index is 1.33. The van der Waals surface area contributed by atoms with Gasteiger partial charge >= 0.3 is 0 Å². The number of aromatic amines is 1. The zero-order valence-electron chi connectivity index (χ0n) is 25.3. The van der Waals surface area contributed by atoms with Gasteiger partial charge in [-0.1, -0.05) is 73.7 Å². The van der Waals surface area contributed by atoms with E-state index in [2.05, 4.69) is 16.9 Å². The average Bonchev–Trinajstić information content (AvgIpc) is 3.54. The SMILES string of the molecule is C=CCN1C(=O)[C@@](O)([C@@H](C)/C=C/CC(=O)N(CCO)Cc2ccccc2)c2cc(NC(=O)Cc3c[nH]c4ccccc34)ccc21. The second-order valence-corrected chi connectivity index (χ2v) is 11.2. The highest BCUT2D eigenvalue weighted by atomic mass is 16.3. The van der Waals surface area contributed by atoms with Crippen LogP contribution in [0.2, 0.25) is 0 Å². The Morgan fingerprint density at radius 3 is 2.62 bits per heavy atom. The van der Waals surface area contributed by atoms with Gasteiger partial charge in [-0.05, 0) is 35.4 Å². The van der Waals surface area contributed by atoms with Crippen LogP contribution < -0.4 is 10.2 Å². The Morgan fingerprint density at radius 1 is 1.11 bits per heavy atom. The number of hydrogen-bond donors (Lipinski definition) is 4. The molecule has 4 N–H and O–H groups in total. The zero-order valence-corrected chi connectivity index (χ0v) is 25.3. The second kappa shape index (κ2) is 13.8. The number of para-hydroxylation sites is 1. The molecule has 45 heavy (non-hydrogen) atoms. The third-order valence-corrected chi connectivity index (χ3v) is 8.21.